The number of carbonyl (C=O) groups is 3. The maximum Gasteiger partial charge on any atom is 0.339 e. The average molecular weight is 585 g/mol. The Hall–Kier alpha value is -5.92. The van der Waals surface area contributed by atoms with Gasteiger partial charge < -0.3 is 41.3 Å². The van der Waals surface area contributed by atoms with Gasteiger partial charge in [0.05, 0.1) is 34.3 Å². The Morgan fingerprint density at radius 3 is 2.40 bits per heavy atom. The summed E-state index contributed by atoms with van der Waals surface area (Å²) in [7, 11) is 1.88. The molecule has 43 heavy (non-hydrogen) atoms. The molecule has 220 valence electrons. The van der Waals surface area contributed by atoms with Crippen molar-refractivity contribution in [2.24, 2.45) is 23.5 Å². The van der Waals surface area contributed by atoms with Gasteiger partial charge in [0.2, 0.25) is 0 Å². The number of aromatic carboxylic acids is 2. The van der Waals surface area contributed by atoms with E-state index in [0.717, 1.165) is 33.7 Å². The molecule has 0 radical (unpaired) electrons. The molecule has 0 spiro atoms. The molecule has 0 atom stereocenters. The number of H-pyrrole nitrogens is 1. The predicted octanol–water partition coefficient (Wildman–Crippen LogP) is 2.34. The molecule has 0 aliphatic rings. The van der Waals surface area contributed by atoms with Gasteiger partial charge in [0.15, 0.2) is 5.96 Å². The number of aromatic nitrogens is 4. The summed E-state index contributed by atoms with van der Waals surface area (Å²) in [6.45, 7) is -0.114. The van der Waals surface area contributed by atoms with Crippen molar-refractivity contribution in [2.75, 3.05) is 13.2 Å². The molecule has 2 heterocycles. The fraction of sp³-hybridized carbons (Fsp3) is 0.172. The second-order valence-electron chi connectivity index (χ2n) is 9.61. The molecule has 0 aliphatic heterocycles. The van der Waals surface area contributed by atoms with Gasteiger partial charge in [-0.1, -0.05) is 6.07 Å². The van der Waals surface area contributed by atoms with Crippen LogP contribution in [-0.4, -0.2) is 66.7 Å². The molecular formula is C29H28N8O6. The van der Waals surface area contributed by atoms with Crippen LogP contribution in [0.5, 0.6) is 5.75 Å². The van der Waals surface area contributed by atoms with E-state index in [-0.39, 0.29) is 41.9 Å². The maximum absolute atomic E-state index is 12.8. The van der Waals surface area contributed by atoms with Crippen LogP contribution in [0.2, 0.25) is 0 Å². The van der Waals surface area contributed by atoms with Crippen LogP contribution >= 0.6 is 0 Å². The third-order valence-electron chi connectivity index (χ3n) is 6.70. The fourth-order valence-corrected chi connectivity index (χ4v) is 4.67. The van der Waals surface area contributed by atoms with Crippen LogP contribution in [-0.2, 0) is 19.9 Å². The zero-order valence-electron chi connectivity index (χ0n) is 23.0. The van der Waals surface area contributed by atoms with E-state index >= 15 is 0 Å². The number of amides is 1. The first-order valence-corrected chi connectivity index (χ1v) is 13.1. The van der Waals surface area contributed by atoms with Crippen molar-refractivity contribution in [3.63, 3.8) is 0 Å². The van der Waals surface area contributed by atoms with E-state index < -0.39 is 11.9 Å². The number of fused-ring (bicyclic) bond motifs is 2. The molecule has 1 amide bonds. The highest BCUT2D eigenvalue weighted by Gasteiger charge is 2.20. The predicted molar refractivity (Wildman–Crippen MR) is 158 cm³/mol. The van der Waals surface area contributed by atoms with Crippen molar-refractivity contribution < 1.29 is 29.3 Å². The van der Waals surface area contributed by atoms with Crippen LogP contribution in [0, 0.1) is 0 Å². The van der Waals surface area contributed by atoms with E-state index in [1.165, 1.54) is 18.2 Å². The lowest BCUT2D eigenvalue weighted by Crippen LogP contribution is -2.28. The zero-order valence-corrected chi connectivity index (χ0v) is 23.0. The van der Waals surface area contributed by atoms with Gasteiger partial charge in [0.1, 0.15) is 35.1 Å². The lowest BCUT2D eigenvalue weighted by atomic mass is 10.1. The minimum Gasteiger partial charge on any atom is -0.490 e. The number of ether oxygens (including phenoxy) is 1. The van der Waals surface area contributed by atoms with E-state index in [4.69, 9.17) is 21.2 Å². The quantitative estimate of drug-likeness (QED) is 0.0755. The van der Waals surface area contributed by atoms with Crippen LogP contribution in [0.25, 0.3) is 22.1 Å². The molecule has 0 saturated carbocycles. The number of carboxylic acids is 2. The average Bonchev–Trinajstić information content (AvgIpc) is 3.52. The number of para-hydroxylation sites is 1. The number of nitrogens with two attached hydrogens (primary N) is 2. The van der Waals surface area contributed by atoms with Crippen LogP contribution < -0.4 is 21.5 Å². The van der Waals surface area contributed by atoms with Gasteiger partial charge in [0.25, 0.3) is 5.91 Å². The number of nitrogens with zero attached hydrogens (tertiary/aromatic N) is 4. The Morgan fingerprint density at radius 2 is 1.70 bits per heavy atom. The Balaban J connectivity index is 1.22. The van der Waals surface area contributed by atoms with Crippen LogP contribution in [0.1, 0.15) is 42.7 Å². The smallest absolute Gasteiger partial charge is 0.339 e. The summed E-state index contributed by atoms with van der Waals surface area (Å²) in [6.07, 6.45) is 1.20. The number of carboxylic acid groups (broad SMARTS) is 2. The molecule has 5 aromatic rings. The normalized spacial score (nSPS) is 11.0. The van der Waals surface area contributed by atoms with Crippen LogP contribution in [0.4, 0.5) is 5.69 Å². The van der Waals surface area contributed by atoms with Gasteiger partial charge in [0, 0.05) is 25.5 Å². The van der Waals surface area contributed by atoms with Gasteiger partial charge in [-0.25, -0.2) is 24.5 Å². The number of guanidine groups is 1. The Kier molecular flexibility index (Phi) is 7.92. The first-order chi connectivity index (χ1) is 20.6. The van der Waals surface area contributed by atoms with Crippen LogP contribution in [0.15, 0.2) is 59.6 Å². The summed E-state index contributed by atoms with van der Waals surface area (Å²) in [5, 5.41) is 21.4. The van der Waals surface area contributed by atoms with Gasteiger partial charge in [-0.15, -0.1) is 0 Å². The molecule has 3 aromatic carbocycles. The number of benzene rings is 3. The highest BCUT2D eigenvalue weighted by Crippen LogP contribution is 2.25. The number of nitrogens with one attached hydrogen (secondary N) is 2. The SMILES string of the molecule is Cn1c(CCc2nc3ccc(N=C(N)N)cc3[nH]2)nc2ccc(C(=O)NCCOc3c(C(=O)O)cccc3C(=O)O)cc21. The number of aromatic amines is 1. The number of aliphatic imine (C=N–C) groups is 1. The van der Waals surface area contributed by atoms with Gasteiger partial charge in [-0.05, 0) is 48.5 Å². The molecule has 2 aromatic heterocycles. The molecule has 0 fully saturated rings. The standard InChI is InChI=1S/C29H28N8O6/c1-37-22-13-15(26(38)32-11-12-43-25-17(27(39)40)3-2-4-18(25)28(41)42)5-7-20(22)36-24(37)10-9-23-34-19-8-6-16(33-29(30)31)14-21(19)35-23/h2-8,13-14H,9-12H2,1H3,(H,32,38)(H,34,35)(H,39,40)(H,41,42)(H4,30,31,33). The van der Waals surface area contributed by atoms with E-state index in [1.807, 2.05) is 23.7 Å². The van der Waals surface area contributed by atoms with Crippen molar-refractivity contribution in [2.45, 2.75) is 12.8 Å². The first kappa shape index (κ1) is 28.6. The molecule has 0 aliphatic carbocycles. The number of hydrogen-bond donors (Lipinski definition) is 6. The minimum atomic E-state index is -1.32. The topological polar surface area (TPSA) is 224 Å². The molecule has 8 N–H and O–H groups in total. The monoisotopic (exact) mass is 584 g/mol. The summed E-state index contributed by atoms with van der Waals surface area (Å²) in [5.41, 5.74) is 14.5. The third-order valence-corrected chi connectivity index (χ3v) is 6.70. The molecule has 0 unspecified atom stereocenters. The number of hydrogen-bond acceptors (Lipinski definition) is 7. The largest absolute Gasteiger partial charge is 0.490 e. The summed E-state index contributed by atoms with van der Waals surface area (Å²) < 4.78 is 7.38. The van der Waals surface area contributed by atoms with E-state index in [1.54, 1.807) is 24.3 Å². The fourth-order valence-electron chi connectivity index (χ4n) is 4.67. The highest BCUT2D eigenvalue weighted by atomic mass is 16.5. The second-order valence-corrected chi connectivity index (χ2v) is 9.61. The molecule has 5 rings (SSSR count). The summed E-state index contributed by atoms with van der Waals surface area (Å²) in [6, 6.07) is 14.4. The molecule has 14 nitrogen and oxygen atoms in total. The number of aryl methyl sites for hydroxylation is 3. The lowest BCUT2D eigenvalue weighted by molar-refractivity contribution is 0.0686. The third kappa shape index (κ3) is 6.22. The van der Waals surface area contributed by atoms with E-state index in [2.05, 4.69) is 20.3 Å². The minimum absolute atomic E-state index is 0.0193. The van der Waals surface area contributed by atoms with Gasteiger partial charge in [-0.2, -0.15) is 0 Å². The molecule has 0 saturated heterocycles. The first-order valence-electron chi connectivity index (χ1n) is 13.1. The Morgan fingerprint density at radius 1 is 0.977 bits per heavy atom. The molecule has 0 bridgehead atoms. The number of rotatable bonds is 11. The molecular weight excluding hydrogens is 556 g/mol. The Labute approximate surface area is 244 Å². The number of imidazole rings is 2. The van der Waals surface area contributed by atoms with Crippen molar-refractivity contribution in [3.8, 4) is 5.75 Å². The summed E-state index contributed by atoms with van der Waals surface area (Å²) >= 11 is 0. The summed E-state index contributed by atoms with van der Waals surface area (Å²) in [4.78, 5) is 52.5. The lowest BCUT2D eigenvalue weighted by Gasteiger charge is -2.12. The van der Waals surface area contributed by atoms with Crippen molar-refractivity contribution in [1.82, 2.24) is 24.8 Å². The maximum atomic E-state index is 12.8. The zero-order chi connectivity index (χ0) is 30.7. The van der Waals surface area contributed by atoms with Gasteiger partial charge in [-0.3, -0.25) is 4.79 Å². The second kappa shape index (κ2) is 11.9. The number of carbonyl (C=O) groups excluding carboxylic acids is 1. The highest BCUT2D eigenvalue weighted by molar-refractivity contribution is 5.99. The van der Waals surface area contributed by atoms with Crippen molar-refractivity contribution in [1.29, 1.82) is 0 Å². The Bertz CT molecular complexity index is 1870. The van der Waals surface area contributed by atoms with Crippen molar-refractivity contribution in [3.05, 3.63) is 82.9 Å². The van der Waals surface area contributed by atoms with E-state index in [9.17, 15) is 24.6 Å². The van der Waals surface area contributed by atoms with Crippen molar-refractivity contribution >= 4 is 51.6 Å². The summed E-state index contributed by atoms with van der Waals surface area (Å²) in [5.74, 6) is -1.70. The molecule has 14 heteroatoms. The van der Waals surface area contributed by atoms with Gasteiger partial charge >= 0.3 is 11.9 Å². The van der Waals surface area contributed by atoms with E-state index in [0.29, 0.717) is 24.1 Å². The van der Waals surface area contributed by atoms with Crippen LogP contribution in [0.3, 0.4) is 0 Å².